The zero-order valence-electron chi connectivity index (χ0n) is 15.2. The fourth-order valence-electron chi connectivity index (χ4n) is 2.97. The van der Waals surface area contributed by atoms with E-state index >= 15 is 0 Å². The lowest BCUT2D eigenvalue weighted by Gasteiger charge is -2.24. The van der Waals surface area contributed by atoms with Gasteiger partial charge in [0.25, 0.3) is 5.56 Å². The summed E-state index contributed by atoms with van der Waals surface area (Å²) in [7, 11) is 3.73. The Hall–Kier alpha value is -2.67. The highest BCUT2D eigenvalue weighted by Crippen LogP contribution is 2.30. The van der Waals surface area contributed by atoms with Gasteiger partial charge in [-0.15, -0.1) is 0 Å². The average Bonchev–Trinajstić information content (AvgIpc) is 2.89. The van der Waals surface area contributed by atoms with Crippen molar-refractivity contribution in [3.8, 4) is 0 Å². The molecule has 1 atom stereocenters. The number of aromatic nitrogens is 1. The van der Waals surface area contributed by atoms with Crippen LogP contribution in [0.1, 0.15) is 25.5 Å². The number of hydrogen-bond acceptors (Lipinski definition) is 6. The maximum Gasteiger partial charge on any atom is 0.338 e. The van der Waals surface area contributed by atoms with Crippen LogP contribution in [-0.2, 0) is 9.53 Å². The van der Waals surface area contributed by atoms with Crippen LogP contribution in [0.3, 0.4) is 0 Å². The largest absolute Gasteiger partial charge is 0.463 e. The van der Waals surface area contributed by atoms with Gasteiger partial charge in [-0.2, -0.15) is 0 Å². The van der Waals surface area contributed by atoms with E-state index in [9.17, 15) is 9.59 Å². The number of carbonyl (C=O) groups is 1. The van der Waals surface area contributed by atoms with Gasteiger partial charge in [0.15, 0.2) is 4.80 Å². The highest BCUT2D eigenvalue weighted by molar-refractivity contribution is 7.07. The zero-order valence-corrected chi connectivity index (χ0v) is 16.0. The van der Waals surface area contributed by atoms with Crippen molar-refractivity contribution < 1.29 is 9.53 Å². The molecule has 0 bridgehead atoms. The third-order valence-corrected chi connectivity index (χ3v) is 4.98. The first-order valence-electron chi connectivity index (χ1n) is 8.35. The number of carbonyl (C=O) groups excluding carboxylic acids is 1. The van der Waals surface area contributed by atoms with Gasteiger partial charge in [0.1, 0.15) is 4.53 Å². The van der Waals surface area contributed by atoms with Gasteiger partial charge in [0.05, 0.1) is 23.9 Å². The Morgan fingerprint density at radius 1 is 1.35 bits per heavy atom. The highest BCUT2D eigenvalue weighted by atomic mass is 32.1. The number of allylic oxidation sites excluding steroid dienone is 1. The number of hydrogen-bond donors (Lipinski definition) is 0. The van der Waals surface area contributed by atoms with Crippen LogP contribution in [0.25, 0.3) is 6.20 Å². The van der Waals surface area contributed by atoms with E-state index in [2.05, 4.69) is 4.99 Å². The fourth-order valence-corrected chi connectivity index (χ4v) is 4.08. The van der Waals surface area contributed by atoms with Gasteiger partial charge in [0.2, 0.25) is 0 Å². The maximum atomic E-state index is 13.0. The highest BCUT2D eigenvalue weighted by Gasteiger charge is 2.33. The van der Waals surface area contributed by atoms with Gasteiger partial charge in [-0.1, -0.05) is 41.7 Å². The van der Waals surface area contributed by atoms with Gasteiger partial charge in [0, 0.05) is 20.3 Å². The van der Waals surface area contributed by atoms with Crippen molar-refractivity contribution >= 4 is 23.5 Å². The van der Waals surface area contributed by atoms with Gasteiger partial charge < -0.3 is 9.64 Å². The Kier molecular flexibility index (Phi) is 5.08. The Morgan fingerprint density at radius 3 is 2.65 bits per heavy atom. The Labute approximate surface area is 155 Å². The summed E-state index contributed by atoms with van der Waals surface area (Å²) < 4.78 is 7.41. The van der Waals surface area contributed by atoms with Crippen LogP contribution >= 0.6 is 11.3 Å². The number of rotatable bonds is 4. The minimum absolute atomic E-state index is 0.161. The lowest BCUT2D eigenvalue weighted by molar-refractivity contribution is -0.139. The first-order chi connectivity index (χ1) is 12.4. The second-order valence-electron chi connectivity index (χ2n) is 6.16. The molecule has 0 spiro atoms. The minimum atomic E-state index is -0.546. The van der Waals surface area contributed by atoms with E-state index in [0.29, 0.717) is 20.6 Å². The third kappa shape index (κ3) is 3.22. The summed E-state index contributed by atoms with van der Waals surface area (Å²) in [5, 5.41) is 0. The zero-order chi connectivity index (χ0) is 18.8. The SMILES string of the molecule is CCOC(=O)C1=C(C)N=c2s/c(=C\N(C)C)c(=O)n2C1c1ccccc1. The monoisotopic (exact) mass is 371 g/mol. The molecule has 2 heterocycles. The van der Waals surface area contributed by atoms with Crippen molar-refractivity contribution in [3.05, 3.63) is 66.9 Å². The summed E-state index contributed by atoms with van der Waals surface area (Å²) in [6, 6.07) is 8.96. The quantitative estimate of drug-likeness (QED) is 0.760. The van der Waals surface area contributed by atoms with Gasteiger partial charge >= 0.3 is 5.97 Å². The Balaban J connectivity index is 2.31. The second kappa shape index (κ2) is 7.29. The summed E-state index contributed by atoms with van der Waals surface area (Å²) in [4.78, 5) is 32.6. The molecule has 1 unspecified atom stereocenters. The van der Waals surface area contributed by atoms with Crippen molar-refractivity contribution in [1.82, 2.24) is 9.47 Å². The van der Waals surface area contributed by atoms with Crippen LogP contribution in [0.2, 0.25) is 0 Å². The van der Waals surface area contributed by atoms with E-state index in [1.807, 2.05) is 49.3 Å². The number of thiazole rings is 1. The summed E-state index contributed by atoms with van der Waals surface area (Å²) >= 11 is 1.32. The van der Waals surface area contributed by atoms with Crippen LogP contribution < -0.4 is 14.9 Å². The number of ether oxygens (including phenoxy) is 1. The molecule has 0 saturated heterocycles. The molecular formula is C19H21N3O3S. The van der Waals surface area contributed by atoms with Gasteiger partial charge in [-0.05, 0) is 19.4 Å². The molecule has 0 saturated carbocycles. The molecule has 0 fully saturated rings. The number of benzene rings is 1. The lowest BCUT2D eigenvalue weighted by Crippen LogP contribution is -2.40. The van der Waals surface area contributed by atoms with E-state index in [1.165, 1.54) is 11.3 Å². The molecule has 2 aromatic rings. The van der Waals surface area contributed by atoms with Crippen LogP contribution in [0.4, 0.5) is 0 Å². The van der Waals surface area contributed by atoms with Crippen molar-refractivity contribution in [1.29, 1.82) is 0 Å². The Morgan fingerprint density at radius 2 is 2.04 bits per heavy atom. The van der Waals surface area contributed by atoms with Crippen molar-refractivity contribution in [2.75, 3.05) is 20.7 Å². The first kappa shape index (κ1) is 18.1. The molecule has 0 N–H and O–H groups in total. The first-order valence-corrected chi connectivity index (χ1v) is 9.16. The predicted octanol–water partition coefficient (Wildman–Crippen LogP) is 1.27. The smallest absolute Gasteiger partial charge is 0.338 e. The Bertz CT molecular complexity index is 1030. The molecule has 1 aromatic heterocycles. The molecule has 1 aliphatic heterocycles. The van der Waals surface area contributed by atoms with E-state index in [4.69, 9.17) is 4.74 Å². The van der Waals surface area contributed by atoms with Gasteiger partial charge in [-0.3, -0.25) is 9.36 Å². The predicted molar refractivity (Wildman–Crippen MR) is 101 cm³/mol. The fraction of sp³-hybridized carbons (Fsp3) is 0.316. The molecule has 0 radical (unpaired) electrons. The lowest BCUT2D eigenvalue weighted by atomic mass is 9.96. The maximum absolute atomic E-state index is 13.0. The molecule has 136 valence electrons. The molecule has 0 amide bonds. The number of nitrogens with zero attached hydrogens (tertiary/aromatic N) is 3. The normalized spacial score (nSPS) is 16.9. The molecular weight excluding hydrogens is 350 g/mol. The van der Waals surface area contributed by atoms with E-state index in [1.54, 1.807) is 24.6 Å². The minimum Gasteiger partial charge on any atom is -0.463 e. The van der Waals surface area contributed by atoms with Crippen LogP contribution in [0, 0.1) is 0 Å². The molecule has 7 heteroatoms. The summed E-state index contributed by atoms with van der Waals surface area (Å²) in [5.74, 6) is -0.440. The standard InChI is InChI=1S/C19H21N3O3S/c1-5-25-18(24)15-12(2)20-19-22(16(15)13-9-7-6-8-10-13)17(23)14(26-19)11-21(3)4/h6-11,16H,5H2,1-4H3/b14-11-. The summed E-state index contributed by atoms with van der Waals surface area (Å²) in [6.07, 6.45) is 1.77. The van der Waals surface area contributed by atoms with E-state index < -0.39 is 12.0 Å². The van der Waals surface area contributed by atoms with Crippen molar-refractivity contribution in [3.63, 3.8) is 0 Å². The van der Waals surface area contributed by atoms with E-state index in [0.717, 1.165) is 5.56 Å². The summed E-state index contributed by atoms with van der Waals surface area (Å²) in [5.41, 5.74) is 1.67. The van der Waals surface area contributed by atoms with Crippen LogP contribution in [0.5, 0.6) is 0 Å². The molecule has 0 aliphatic carbocycles. The van der Waals surface area contributed by atoms with Gasteiger partial charge in [-0.25, -0.2) is 9.79 Å². The number of fused-ring (bicyclic) bond motifs is 1. The summed E-state index contributed by atoms with van der Waals surface area (Å²) in [6.45, 7) is 3.81. The van der Waals surface area contributed by atoms with E-state index in [-0.39, 0.29) is 12.2 Å². The van der Waals surface area contributed by atoms with Crippen molar-refractivity contribution in [2.24, 2.45) is 4.99 Å². The number of esters is 1. The molecule has 6 nitrogen and oxygen atoms in total. The van der Waals surface area contributed by atoms with Crippen LogP contribution in [0.15, 0.2) is 51.4 Å². The molecule has 1 aromatic carbocycles. The second-order valence-corrected chi connectivity index (χ2v) is 7.17. The topological polar surface area (TPSA) is 63.9 Å². The molecule has 3 rings (SSSR count). The third-order valence-electron chi connectivity index (χ3n) is 4.01. The van der Waals surface area contributed by atoms with Crippen molar-refractivity contribution in [2.45, 2.75) is 19.9 Å². The van der Waals surface area contributed by atoms with Crippen LogP contribution in [-0.4, -0.2) is 36.1 Å². The molecule has 1 aliphatic rings. The average molecular weight is 371 g/mol. The molecule has 26 heavy (non-hydrogen) atoms.